The van der Waals surface area contributed by atoms with Crippen LogP contribution in [0.25, 0.3) is 0 Å². The Morgan fingerprint density at radius 3 is 2.27 bits per heavy atom. The fraction of sp³-hybridized carbons (Fsp3) is 0.667. The largest absolute Gasteiger partial charge is 0.426 e. The Balaban J connectivity index is 1.43. The van der Waals surface area contributed by atoms with E-state index in [4.69, 9.17) is 16.3 Å². The van der Waals surface area contributed by atoms with Crippen molar-refractivity contribution in [3.05, 3.63) is 30.1 Å². The van der Waals surface area contributed by atoms with Crippen LogP contribution in [0.15, 0.2) is 24.3 Å². The molecule has 1 aliphatic heterocycles. The number of hydrogen-bond donors (Lipinski definition) is 0. The molecule has 0 aromatic heterocycles. The van der Waals surface area contributed by atoms with E-state index in [1.165, 1.54) is 49.2 Å². The maximum absolute atomic E-state index is 12.9. The first-order chi connectivity index (χ1) is 12.6. The quantitative estimate of drug-likeness (QED) is 0.275. The maximum atomic E-state index is 12.9. The molecule has 0 amide bonds. The van der Waals surface area contributed by atoms with E-state index < -0.39 is 8.80 Å². The van der Waals surface area contributed by atoms with Crippen LogP contribution in [0.5, 0.6) is 5.75 Å². The minimum atomic E-state index is -0.721. The molecule has 0 N–H and O–H groups in total. The molecular formula is C21H30ClFO2Si. The first-order valence-corrected chi connectivity index (χ1v) is 12.9. The Kier molecular flexibility index (Phi) is 7.16. The number of carbonyl (C=O) groups is 1. The monoisotopic (exact) mass is 396 g/mol. The molecule has 1 aromatic rings. The molecule has 0 radical (unpaired) electrons. The van der Waals surface area contributed by atoms with E-state index in [1.807, 2.05) is 0 Å². The summed E-state index contributed by atoms with van der Waals surface area (Å²) in [5, 5.41) is 0.480. The van der Waals surface area contributed by atoms with Gasteiger partial charge in [0.2, 0.25) is 0 Å². The van der Waals surface area contributed by atoms with Crippen LogP contribution in [0.4, 0.5) is 4.39 Å². The molecule has 5 heteroatoms. The highest BCUT2D eigenvalue weighted by atomic mass is 35.5. The van der Waals surface area contributed by atoms with Gasteiger partial charge in [-0.15, -0.1) is 11.6 Å². The summed E-state index contributed by atoms with van der Waals surface area (Å²) in [7, 11) is -0.721. The number of esters is 1. The van der Waals surface area contributed by atoms with Crippen molar-refractivity contribution in [2.24, 2.45) is 17.8 Å². The summed E-state index contributed by atoms with van der Waals surface area (Å²) in [6.07, 6.45) is 7.97. The van der Waals surface area contributed by atoms with Crippen molar-refractivity contribution >= 4 is 26.4 Å². The van der Waals surface area contributed by atoms with Crippen molar-refractivity contribution in [1.29, 1.82) is 0 Å². The van der Waals surface area contributed by atoms with Gasteiger partial charge in [0.15, 0.2) is 0 Å². The molecule has 144 valence electrons. The SMILES string of the molecule is CCC(Cl)[SiH]1CCC(C2CCC(C(=O)Oc3ccc(F)cc3)CC2)CC1. The second-order valence-electron chi connectivity index (χ2n) is 8.09. The van der Waals surface area contributed by atoms with Crippen LogP contribution < -0.4 is 4.74 Å². The Morgan fingerprint density at radius 2 is 1.69 bits per heavy atom. The molecule has 0 bridgehead atoms. The van der Waals surface area contributed by atoms with Crippen molar-refractivity contribution in [2.75, 3.05) is 0 Å². The van der Waals surface area contributed by atoms with Gasteiger partial charge in [-0.3, -0.25) is 4.79 Å². The summed E-state index contributed by atoms with van der Waals surface area (Å²) in [6, 6.07) is 8.48. The first-order valence-electron chi connectivity index (χ1n) is 10.2. The molecule has 1 atom stereocenters. The predicted molar refractivity (Wildman–Crippen MR) is 107 cm³/mol. The van der Waals surface area contributed by atoms with Gasteiger partial charge >= 0.3 is 5.97 Å². The standard InChI is InChI=1S/C21H30ClFO2Si/c1-2-20(22)26-13-11-16(12-14-26)15-3-5-17(6-4-15)21(24)25-19-9-7-18(23)8-10-19/h7-10,15-17,20,26H,2-6,11-14H2,1H3. The lowest BCUT2D eigenvalue weighted by Gasteiger charge is -2.37. The molecule has 26 heavy (non-hydrogen) atoms. The average Bonchev–Trinajstić information content (AvgIpc) is 2.69. The molecule has 1 aliphatic carbocycles. The van der Waals surface area contributed by atoms with Crippen molar-refractivity contribution in [3.63, 3.8) is 0 Å². The van der Waals surface area contributed by atoms with E-state index in [0.29, 0.717) is 10.7 Å². The predicted octanol–water partition coefficient (Wildman–Crippen LogP) is 5.73. The van der Waals surface area contributed by atoms with Gasteiger partial charge in [0, 0.05) is 5.00 Å². The number of halogens is 2. The summed E-state index contributed by atoms with van der Waals surface area (Å²) in [4.78, 5) is 12.4. The number of rotatable bonds is 5. The Hall–Kier alpha value is -0.873. The number of ether oxygens (including phenoxy) is 1. The molecule has 1 aromatic carbocycles. The van der Waals surface area contributed by atoms with Gasteiger partial charge in [0.05, 0.1) is 14.7 Å². The molecule has 1 saturated carbocycles. The fourth-order valence-corrected chi connectivity index (χ4v) is 8.99. The zero-order chi connectivity index (χ0) is 18.5. The smallest absolute Gasteiger partial charge is 0.314 e. The molecule has 0 spiro atoms. The Labute approximate surface area is 163 Å². The zero-order valence-corrected chi connectivity index (χ0v) is 17.5. The molecular weight excluding hydrogens is 367 g/mol. The Bertz CT molecular complexity index is 578. The van der Waals surface area contributed by atoms with Gasteiger partial charge in [-0.25, -0.2) is 4.39 Å². The highest BCUT2D eigenvalue weighted by Gasteiger charge is 2.35. The van der Waals surface area contributed by atoms with Crippen molar-refractivity contribution in [2.45, 2.75) is 69.0 Å². The number of hydrogen-bond acceptors (Lipinski definition) is 2. The van der Waals surface area contributed by atoms with Crippen molar-refractivity contribution in [1.82, 2.24) is 0 Å². The van der Waals surface area contributed by atoms with E-state index in [0.717, 1.165) is 43.9 Å². The fourth-order valence-electron chi connectivity index (χ4n) is 4.84. The zero-order valence-electron chi connectivity index (χ0n) is 15.6. The second-order valence-corrected chi connectivity index (χ2v) is 12.5. The summed E-state index contributed by atoms with van der Waals surface area (Å²) in [5.74, 6) is 1.58. The summed E-state index contributed by atoms with van der Waals surface area (Å²) in [6.45, 7) is 2.21. The lowest BCUT2D eigenvalue weighted by molar-refractivity contribution is -0.140. The highest BCUT2D eigenvalue weighted by molar-refractivity contribution is 6.69. The van der Waals surface area contributed by atoms with E-state index in [1.54, 1.807) is 0 Å². The molecule has 3 rings (SSSR count). The third-order valence-corrected chi connectivity index (χ3v) is 11.5. The van der Waals surface area contributed by atoms with Crippen molar-refractivity contribution in [3.8, 4) is 5.75 Å². The number of carbonyl (C=O) groups excluding carboxylic acids is 1. The van der Waals surface area contributed by atoms with Crippen LogP contribution in [0.1, 0.15) is 51.9 Å². The molecule has 1 heterocycles. The minimum Gasteiger partial charge on any atom is -0.426 e. The molecule has 2 aliphatic rings. The van der Waals surface area contributed by atoms with Gasteiger partial charge in [-0.2, -0.15) is 0 Å². The van der Waals surface area contributed by atoms with E-state index in [9.17, 15) is 9.18 Å². The average molecular weight is 397 g/mol. The topological polar surface area (TPSA) is 26.3 Å². The van der Waals surface area contributed by atoms with Crippen molar-refractivity contribution < 1.29 is 13.9 Å². The lowest BCUT2D eigenvalue weighted by atomic mass is 9.74. The number of benzene rings is 1. The lowest BCUT2D eigenvalue weighted by Crippen LogP contribution is -2.34. The van der Waals surface area contributed by atoms with Crippen LogP contribution in [0, 0.1) is 23.6 Å². The van der Waals surface area contributed by atoms with Gasteiger partial charge in [0.1, 0.15) is 11.6 Å². The third-order valence-electron chi connectivity index (χ3n) is 6.52. The summed E-state index contributed by atoms with van der Waals surface area (Å²) < 4.78 is 18.4. The van der Waals surface area contributed by atoms with Gasteiger partial charge in [-0.05, 0) is 68.2 Å². The summed E-state index contributed by atoms with van der Waals surface area (Å²) in [5.41, 5.74) is 0. The van der Waals surface area contributed by atoms with Crippen LogP contribution in [-0.2, 0) is 4.79 Å². The normalized spacial score (nSPS) is 30.6. The second kappa shape index (κ2) is 9.36. The van der Waals surface area contributed by atoms with Crippen LogP contribution >= 0.6 is 11.6 Å². The number of alkyl halides is 1. The van der Waals surface area contributed by atoms with Crippen LogP contribution in [0.3, 0.4) is 0 Å². The Morgan fingerprint density at radius 1 is 1.12 bits per heavy atom. The third kappa shape index (κ3) is 5.10. The highest BCUT2D eigenvalue weighted by Crippen LogP contribution is 2.41. The molecule has 1 saturated heterocycles. The van der Waals surface area contributed by atoms with Crippen LogP contribution in [-0.4, -0.2) is 19.8 Å². The minimum absolute atomic E-state index is 0.00525. The van der Waals surface area contributed by atoms with Gasteiger partial charge in [0.25, 0.3) is 0 Å². The van der Waals surface area contributed by atoms with E-state index in [2.05, 4.69) is 6.92 Å². The van der Waals surface area contributed by atoms with Gasteiger partial charge in [-0.1, -0.05) is 31.9 Å². The molecule has 2 nitrogen and oxygen atoms in total. The van der Waals surface area contributed by atoms with Gasteiger partial charge < -0.3 is 4.74 Å². The molecule has 2 fully saturated rings. The summed E-state index contributed by atoms with van der Waals surface area (Å²) >= 11 is 6.50. The maximum Gasteiger partial charge on any atom is 0.314 e. The molecule has 1 unspecified atom stereocenters. The van der Waals surface area contributed by atoms with E-state index >= 15 is 0 Å². The first kappa shape index (κ1) is 19.9. The van der Waals surface area contributed by atoms with E-state index in [-0.39, 0.29) is 17.7 Å². The van der Waals surface area contributed by atoms with Crippen LogP contribution in [0.2, 0.25) is 12.1 Å².